The third-order valence-electron chi connectivity index (χ3n) is 4.60. The first-order valence-electron chi connectivity index (χ1n) is 8.49. The van der Waals surface area contributed by atoms with Gasteiger partial charge in [-0.05, 0) is 49.2 Å². The van der Waals surface area contributed by atoms with Crippen LogP contribution in [0, 0.1) is 13.8 Å². The predicted molar refractivity (Wildman–Crippen MR) is 103 cm³/mol. The summed E-state index contributed by atoms with van der Waals surface area (Å²) in [6, 6.07) is 13.6. The van der Waals surface area contributed by atoms with Gasteiger partial charge in [0.25, 0.3) is 0 Å². The van der Waals surface area contributed by atoms with Crippen molar-refractivity contribution in [2.75, 3.05) is 12.4 Å². The Kier molecular flexibility index (Phi) is 4.80. The molecule has 0 aliphatic heterocycles. The van der Waals surface area contributed by atoms with Gasteiger partial charge in [-0.1, -0.05) is 30.3 Å². The molecule has 3 rings (SSSR count). The normalized spacial score (nSPS) is 12.0. The van der Waals surface area contributed by atoms with E-state index >= 15 is 0 Å². The zero-order valence-electron chi connectivity index (χ0n) is 15.3. The molecule has 1 unspecified atom stereocenters. The zero-order valence-corrected chi connectivity index (χ0v) is 15.3. The SMILES string of the molecule is COC(=O)c1c(C)[nH]c(C(=O)C(C)Nc2ccc3ccccc3c2)c1C. The van der Waals surface area contributed by atoms with Crippen molar-refractivity contribution >= 4 is 28.2 Å². The number of carbonyl (C=O) groups is 2. The quantitative estimate of drug-likeness (QED) is 0.533. The van der Waals surface area contributed by atoms with Crippen LogP contribution in [0.2, 0.25) is 0 Å². The molecule has 1 aromatic heterocycles. The Morgan fingerprint density at radius 3 is 2.46 bits per heavy atom. The van der Waals surface area contributed by atoms with Crippen LogP contribution >= 0.6 is 0 Å². The smallest absolute Gasteiger partial charge is 0.339 e. The van der Waals surface area contributed by atoms with Crippen LogP contribution in [-0.2, 0) is 4.74 Å². The van der Waals surface area contributed by atoms with E-state index in [4.69, 9.17) is 4.74 Å². The Balaban J connectivity index is 1.84. The molecule has 26 heavy (non-hydrogen) atoms. The van der Waals surface area contributed by atoms with Gasteiger partial charge in [0.1, 0.15) is 0 Å². The van der Waals surface area contributed by atoms with Crippen molar-refractivity contribution in [2.45, 2.75) is 26.8 Å². The molecule has 1 atom stereocenters. The second kappa shape index (κ2) is 7.04. The number of aryl methyl sites for hydroxylation is 1. The number of ether oxygens (including phenoxy) is 1. The van der Waals surface area contributed by atoms with Gasteiger partial charge in [0.05, 0.1) is 24.4 Å². The summed E-state index contributed by atoms with van der Waals surface area (Å²) < 4.78 is 4.80. The Hall–Kier alpha value is -3.08. The van der Waals surface area contributed by atoms with Crippen molar-refractivity contribution < 1.29 is 14.3 Å². The largest absolute Gasteiger partial charge is 0.465 e. The fourth-order valence-electron chi connectivity index (χ4n) is 3.22. The number of aromatic amines is 1. The predicted octanol–water partition coefficient (Wildman–Crippen LogP) is 4.25. The maximum atomic E-state index is 12.9. The lowest BCUT2D eigenvalue weighted by molar-refractivity contribution is 0.0599. The van der Waals surface area contributed by atoms with Crippen LogP contribution in [0.3, 0.4) is 0 Å². The topological polar surface area (TPSA) is 71.2 Å². The summed E-state index contributed by atoms with van der Waals surface area (Å²) in [4.78, 5) is 27.8. The number of fused-ring (bicyclic) bond motifs is 1. The number of rotatable bonds is 5. The molecule has 5 nitrogen and oxygen atoms in total. The first-order chi connectivity index (χ1) is 12.4. The summed E-state index contributed by atoms with van der Waals surface area (Å²) in [5, 5.41) is 5.50. The van der Waals surface area contributed by atoms with E-state index in [1.54, 1.807) is 13.8 Å². The fraction of sp³-hybridized carbons (Fsp3) is 0.238. The van der Waals surface area contributed by atoms with Crippen LogP contribution in [-0.4, -0.2) is 29.9 Å². The number of hydrogen-bond acceptors (Lipinski definition) is 4. The average molecular weight is 350 g/mol. The van der Waals surface area contributed by atoms with Gasteiger partial charge in [-0.15, -0.1) is 0 Å². The summed E-state index contributed by atoms with van der Waals surface area (Å²) in [6.45, 7) is 5.33. The van der Waals surface area contributed by atoms with E-state index in [1.165, 1.54) is 7.11 Å². The number of anilines is 1. The van der Waals surface area contributed by atoms with Crippen LogP contribution < -0.4 is 5.32 Å². The summed E-state index contributed by atoms with van der Waals surface area (Å²) in [7, 11) is 1.33. The van der Waals surface area contributed by atoms with E-state index in [-0.39, 0.29) is 5.78 Å². The minimum Gasteiger partial charge on any atom is -0.465 e. The van der Waals surface area contributed by atoms with Gasteiger partial charge in [0, 0.05) is 11.4 Å². The molecule has 0 amide bonds. The Morgan fingerprint density at radius 2 is 1.77 bits per heavy atom. The molecule has 5 heteroatoms. The first-order valence-corrected chi connectivity index (χ1v) is 8.49. The maximum absolute atomic E-state index is 12.9. The number of methoxy groups -OCH3 is 1. The number of hydrogen-bond donors (Lipinski definition) is 2. The van der Waals surface area contributed by atoms with E-state index in [9.17, 15) is 9.59 Å². The Morgan fingerprint density at radius 1 is 1.08 bits per heavy atom. The van der Waals surface area contributed by atoms with E-state index in [2.05, 4.69) is 10.3 Å². The standard InChI is InChI=1S/C21H22N2O3/c1-12-18(21(25)26-4)13(2)23-19(12)20(24)14(3)22-17-10-9-15-7-5-6-8-16(15)11-17/h5-11,14,22-23H,1-4H3. The van der Waals surface area contributed by atoms with Crippen molar-refractivity contribution in [3.05, 3.63) is 65.0 Å². The summed E-state index contributed by atoms with van der Waals surface area (Å²) >= 11 is 0. The molecule has 134 valence electrons. The van der Waals surface area contributed by atoms with Gasteiger partial charge in [0.15, 0.2) is 0 Å². The van der Waals surface area contributed by atoms with E-state index in [0.717, 1.165) is 16.5 Å². The highest BCUT2D eigenvalue weighted by molar-refractivity contribution is 6.05. The minimum atomic E-state index is -0.446. The number of benzene rings is 2. The molecule has 0 bridgehead atoms. The highest BCUT2D eigenvalue weighted by Gasteiger charge is 2.25. The molecular formula is C21H22N2O3. The van der Waals surface area contributed by atoms with Crippen LogP contribution in [0.15, 0.2) is 42.5 Å². The lowest BCUT2D eigenvalue weighted by Crippen LogP contribution is -2.27. The van der Waals surface area contributed by atoms with Crippen LogP contribution in [0.1, 0.15) is 39.0 Å². The average Bonchev–Trinajstić information content (AvgIpc) is 2.94. The lowest BCUT2D eigenvalue weighted by atomic mass is 10.0. The number of ketones is 1. The lowest BCUT2D eigenvalue weighted by Gasteiger charge is -2.15. The molecule has 2 aromatic carbocycles. The summed E-state index contributed by atoms with van der Waals surface area (Å²) in [5.74, 6) is -0.542. The van der Waals surface area contributed by atoms with E-state index < -0.39 is 12.0 Å². The van der Waals surface area contributed by atoms with Crippen molar-refractivity contribution in [1.29, 1.82) is 0 Å². The highest BCUT2D eigenvalue weighted by atomic mass is 16.5. The molecule has 0 spiro atoms. The second-order valence-corrected chi connectivity index (χ2v) is 6.41. The fourth-order valence-corrected chi connectivity index (χ4v) is 3.22. The number of H-pyrrole nitrogens is 1. The Labute approximate surface area is 152 Å². The number of carbonyl (C=O) groups excluding carboxylic acids is 2. The van der Waals surface area contributed by atoms with Crippen molar-refractivity contribution in [2.24, 2.45) is 0 Å². The second-order valence-electron chi connectivity index (χ2n) is 6.41. The summed E-state index contributed by atoms with van der Waals surface area (Å²) in [6.07, 6.45) is 0. The van der Waals surface area contributed by atoms with Crippen LogP contribution in [0.4, 0.5) is 5.69 Å². The number of esters is 1. The summed E-state index contributed by atoms with van der Waals surface area (Å²) in [5.41, 5.74) is 2.98. The molecule has 0 radical (unpaired) electrons. The number of nitrogens with one attached hydrogen (secondary N) is 2. The minimum absolute atomic E-state index is 0.103. The van der Waals surface area contributed by atoms with Crippen molar-refractivity contribution in [1.82, 2.24) is 4.98 Å². The third-order valence-corrected chi connectivity index (χ3v) is 4.60. The third kappa shape index (κ3) is 3.20. The molecule has 0 saturated carbocycles. The number of Topliss-reactive ketones (excluding diaryl/α,β-unsaturated/α-hetero) is 1. The maximum Gasteiger partial charge on any atom is 0.339 e. The molecular weight excluding hydrogens is 328 g/mol. The Bertz CT molecular complexity index is 988. The van der Waals surface area contributed by atoms with E-state index in [1.807, 2.05) is 49.4 Å². The molecule has 0 aliphatic rings. The zero-order chi connectivity index (χ0) is 18.8. The molecule has 1 heterocycles. The van der Waals surface area contributed by atoms with Crippen molar-refractivity contribution in [3.8, 4) is 0 Å². The molecule has 0 aliphatic carbocycles. The van der Waals surface area contributed by atoms with Crippen LogP contribution in [0.5, 0.6) is 0 Å². The number of aromatic nitrogens is 1. The molecule has 2 N–H and O–H groups in total. The monoisotopic (exact) mass is 350 g/mol. The van der Waals surface area contributed by atoms with Gasteiger partial charge in [-0.3, -0.25) is 4.79 Å². The molecule has 0 fully saturated rings. The van der Waals surface area contributed by atoms with E-state index in [0.29, 0.717) is 22.5 Å². The van der Waals surface area contributed by atoms with Gasteiger partial charge in [0.2, 0.25) is 5.78 Å². The highest BCUT2D eigenvalue weighted by Crippen LogP contribution is 2.23. The molecule has 3 aromatic rings. The van der Waals surface area contributed by atoms with Gasteiger partial charge in [-0.2, -0.15) is 0 Å². The first kappa shape index (κ1) is 17.7. The van der Waals surface area contributed by atoms with Crippen LogP contribution in [0.25, 0.3) is 10.8 Å². The van der Waals surface area contributed by atoms with Gasteiger partial charge < -0.3 is 15.0 Å². The van der Waals surface area contributed by atoms with Gasteiger partial charge >= 0.3 is 5.97 Å². The molecule has 0 saturated heterocycles. The van der Waals surface area contributed by atoms with Gasteiger partial charge in [-0.25, -0.2) is 4.79 Å². The van der Waals surface area contributed by atoms with Crippen molar-refractivity contribution in [3.63, 3.8) is 0 Å².